The average molecular weight is 449 g/mol. The zero-order chi connectivity index (χ0) is 22.9. The lowest BCUT2D eigenvalue weighted by atomic mass is 10.1. The molecule has 0 aliphatic carbocycles. The number of aromatic hydroxyl groups is 1. The summed E-state index contributed by atoms with van der Waals surface area (Å²) in [7, 11) is 3.69. The molecule has 1 saturated heterocycles. The topological polar surface area (TPSA) is 50.1 Å². The Labute approximate surface area is 184 Å². The van der Waals surface area contributed by atoms with Gasteiger partial charge in [0.2, 0.25) is 5.88 Å². The minimum atomic E-state index is -4.73. The fraction of sp³-hybridized carbons (Fsp3) is 0.391. The summed E-state index contributed by atoms with van der Waals surface area (Å²) in [6, 6.07) is 9.60. The number of rotatable bonds is 5. The van der Waals surface area contributed by atoms with Crippen LogP contribution in [0.4, 0.5) is 18.9 Å². The quantitative estimate of drug-likeness (QED) is 0.624. The van der Waals surface area contributed by atoms with Crippen LogP contribution >= 0.6 is 0 Å². The second-order valence-corrected chi connectivity index (χ2v) is 8.03. The van der Waals surface area contributed by atoms with Crippen molar-refractivity contribution in [2.75, 3.05) is 45.2 Å². The predicted octanol–water partition coefficient (Wildman–Crippen LogP) is 4.44. The Morgan fingerprint density at radius 1 is 1.03 bits per heavy atom. The normalized spacial score (nSPS) is 15.7. The molecular weight excluding hydrogens is 423 g/mol. The maximum absolute atomic E-state index is 12.4. The third-order valence-electron chi connectivity index (χ3n) is 5.72. The van der Waals surface area contributed by atoms with Crippen molar-refractivity contribution in [2.24, 2.45) is 0 Å². The van der Waals surface area contributed by atoms with Crippen LogP contribution in [0.3, 0.4) is 0 Å². The highest BCUT2D eigenvalue weighted by Gasteiger charge is 2.31. The van der Waals surface area contributed by atoms with E-state index in [0.717, 1.165) is 49.2 Å². The van der Waals surface area contributed by atoms with Crippen molar-refractivity contribution in [1.29, 1.82) is 0 Å². The predicted molar refractivity (Wildman–Crippen MR) is 117 cm³/mol. The number of hydrogen-bond acceptors (Lipinski definition) is 5. The number of likely N-dealkylation sites (N-methyl/N-ethyl adjacent to an activating group) is 1. The van der Waals surface area contributed by atoms with Crippen LogP contribution in [-0.4, -0.2) is 61.3 Å². The standard InChI is InChI=1S/C23H26F3N3O3/c1-27-8-3-9-28(11-10-27)18-12-17-15-29(22(30)21(17)20(13-18)31-2)14-16-4-6-19(7-5-16)32-23(24,25)26/h4-7,12-13,15,30H,3,8-11,14H2,1-2H3. The lowest BCUT2D eigenvalue weighted by molar-refractivity contribution is -0.274. The van der Waals surface area contributed by atoms with Crippen molar-refractivity contribution in [3.63, 3.8) is 0 Å². The second kappa shape index (κ2) is 8.82. The number of alkyl halides is 3. The van der Waals surface area contributed by atoms with Gasteiger partial charge in [-0.3, -0.25) is 0 Å². The van der Waals surface area contributed by atoms with E-state index >= 15 is 0 Å². The number of benzene rings is 2. The Morgan fingerprint density at radius 2 is 1.78 bits per heavy atom. The van der Waals surface area contributed by atoms with E-state index in [1.54, 1.807) is 23.8 Å². The number of methoxy groups -OCH3 is 1. The molecule has 2 heterocycles. The minimum absolute atomic E-state index is 0.0506. The van der Waals surface area contributed by atoms with Gasteiger partial charge in [-0.25, -0.2) is 0 Å². The van der Waals surface area contributed by atoms with Gasteiger partial charge in [0.05, 0.1) is 19.0 Å². The fourth-order valence-electron chi connectivity index (χ4n) is 4.10. The third-order valence-corrected chi connectivity index (χ3v) is 5.72. The highest BCUT2D eigenvalue weighted by Crippen LogP contribution is 2.39. The van der Waals surface area contributed by atoms with Crippen molar-refractivity contribution >= 4 is 16.5 Å². The highest BCUT2D eigenvalue weighted by atomic mass is 19.4. The van der Waals surface area contributed by atoms with E-state index in [1.165, 1.54) is 12.1 Å². The van der Waals surface area contributed by atoms with E-state index in [0.29, 0.717) is 17.7 Å². The molecule has 0 spiro atoms. The summed E-state index contributed by atoms with van der Waals surface area (Å²) in [4.78, 5) is 4.63. The number of aromatic nitrogens is 1. The van der Waals surface area contributed by atoms with Gasteiger partial charge in [0.1, 0.15) is 11.5 Å². The molecule has 1 aliphatic heterocycles. The molecule has 6 nitrogen and oxygen atoms in total. The van der Waals surface area contributed by atoms with Crippen LogP contribution in [0.5, 0.6) is 17.4 Å². The molecule has 3 aromatic rings. The Morgan fingerprint density at radius 3 is 2.47 bits per heavy atom. The Balaban J connectivity index is 1.61. The summed E-state index contributed by atoms with van der Waals surface area (Å²) in [5.41, 5.74) is 1.76. The van der Waals surface area contributed by atoms with E-state index in [-0.39, 0.29) is 11.6 Å². The van der Waals surface area contributed by atoms with Crippen molar-refractivity contribution in [1.82, 2.24) is 9.47 Å². The van der Waals surface area contributed by atoms with Gasteiger partial charge < -0.3 is 28.9 Å². The molecular formula is C23H26F3N3O3. The van der Waals surface area contributed by atoms with Crippen molar-refractivity contribution in [2.45, 2.75) is 19.3 Å². The van der Waals surface area contributed by atoms with Gasteiger partial charge >= 0.3 is 6.36 Å². The first-order valence-corrected chi connectivity index (χ1v) is 10.4. The van der Waals surface area contributed by atoms with Crippen LogP contribution in [0.15, 0.2) is 42.6 Å². The van der Waals surface area contributed by atoms with Gasteiger partial charge in [-0.15, -0.1) is 13.2 Å². The molecule has 1 N–H and O–H groups in total. The minimum Gasteiger partial charge on any atom is -0.496 e. The maximum atomic E-state index is 12.4. The van der Waals surface area contributed by atoms with Gasteiger partial charge in [-0.05, 0) is 43.8 Å². The van der Waals surface area contributed by atoms with E-state index in [1.807, 2.05) is 18.3 Å². The molecule has 0 bridgehead atoms. The van der Waals surface area contributed by atoms with Crippen LogP contribution < -0.4 is 14.4 Å². The summed E-state index contributed by atoms with van der Waals surface area (Å²) in [6.45, 7) is 4.17. The fourth-order valence-corrected chi connectivity index (χ4v) is 4.10. The van der Waals surface area contributed by atoms with Crippen molar-refractivity contribution in [3.05, 3.63) is 48.2 Å². The monoisotopic (exact) mass is 449 g/mol. The Hall–Kier alpha value is -3.07. The van der Waals surface area contributed by atoms with Crippen molar-refractivity contribution < 1.29 is 27.8 Å². The lowest BCUT2D eigenvalue weighted by Gasteiger charge is -2.23. The van der Waals surface area contributed by atoms with Gasteiger partial charge in [-0.2, -0.15) is 0 Å². The van der Waals surface area contributed by atoms with E-state index in [9.17, 15) is 18.3 Å². The van der Waals surface area contributed by atoms with E-state index in [4.69, 9.17) is 4.74 Å². The number of ether oxygens (including phenoxy) is 2. The van der Waals surface area contributed by atoms with Crippen LogP contribution in [0.25, 0.3) is 10.8 Å². The van der Waals surface area contributed by atoms with Gasteiger partial charge in [0.25, 0.3) is 0 Å². The molecule has 32 heavy (non-hydrogen) atoms. The SMILES string of the molecule is COc1cc(N2CCCN(C)CC2)cc2cn(Cc3ccc(OC(F)(F)F)cc3)c(O)c12. The molecule has 0 unspecified atom stereocenters. The molecule has 172 valence electrons. The van der Waals surface area contributed by atoms with Gasteiger partial charge in [0, 0.05) is 43.0 Å². The van der Waals surface area contributed by atoms with Crippen LogP contribution in [0.2, 0.25) is 0 Å². The molecule has 1 aliphatic rings. The molecule has 0 atom stereocenters. The molecule has 2 aromatic carbocycles. The summed E-state index contributed by atoms with van der Waals surface area (Å²) < 4.78 is 48.2. The molecule has 1 aromatic heterocycles. The smallest absolute Gasteiger partial charge is 0.496 e. The zero-order valence-corrected chi connectivity index (χ0v) is 18.0. The van der Waals surface area contributed by atoms with Crippen LogP contribution in [0, 0.1) is 0 Å². The Bertz CT molecular complexity index is 1080. The van der Waals surface area contributed by atoms with Crippen molar-refractivity contribution in [3.8, 4) is 17.4 Å². The second-order valence-electron chi connectivity index (χ2n) is 8.03. The van der Waals surface area contributed by atoms with Gasteiger partial charge in [0.15, 0.2) is 0 Å². The molecule has 4 rings (SSSR count). The lowest BCUT2D eigenvalue weighted by Crippen LogP contribution is -2.28. The molecule has 0 saturated carbocycles. The first-order valence-electron chi connectivity index (χ1n) is 10.4. The van der Waals surface area contributed by atoms with Gasteiger partial charge in [-0.1, -0.05) is 12.1 Å². The van der Waals surface area contributed by atoms with Crippen LogP contribution in [-0.2, 0) is 6.54 Å². The summed E-state index contributed by atoms with van der Waals surface area (Å²) >= 11 is 0. The Kier molecular flexibility index (Phi) is 6.10. The van der Waals surface area contributed by atoms with E-state index in [2.05, 4.69) is 21.6 Å². The summed E-state index contributed by atoms with van der Waals surface area (Å²) in [5.74, 6) is 0.354. The summed E-state index contributed by atoms with van der Waals surface area (Å²) in [6.07, 6.45) is -1.83. The van der Waals surface area contributed by atoms with Crippen LogP contribution in [0.1, 0.15) is 12.0 Å². The number of halogens is 3. The number of hydrogen-bond donors (Lipinski definition) is 1. The molecule has 9 heteroatoms. The number of anilines is 1. The molecule has 1 fully saturated rings. The van der Waals surface area contributed by atoms with E-state index < -0.39 is 6.36 Å². The number of fused-ring (bicyclic) bond motifs is 1. The maximum Gasteiger partial charge on any atom is 0.573 e. The first kappa shape index (κ1) is 22.1. The highest BCUT2D eigenvalue weighted by molar-refractivity contribution is 5.96. The zero-order valence-electron chi connectivity index (χ0n) is 18.0. The summed E-state index contributed by atoms with van der Waals surface area (Å²) in [5, 5.41) is 12.3. The molecule has 0 radical (unpaired) electrons. The third kappa shape index (κ3) is 4.88. The average Bonchev–Trinajstić information content (AvgIpc) is 2.90. The molecule has 0 amide bonds. The first-order chi connectivity index (χ1) is 15.2. The number of nitrogens with zero attached hydrogens (tertiary/aromatic N) is 3. The largest absolute Gasteiger partial charge is 0.573 e.